The summed E-state index contributed by atoms with van der Waals surface area (Å²) >= 11 is 0. The van der Waals surface area contributed by atoms with Crippen LogP contribution in [0, 0.1) is 5.92 Å². The molecule has 1 heterocycles. The maximum Gasteiger partial charge on any atom is 0.104 e. The van der Waals surface area contributed by atoms with E-state index < -0.39 is 12.2 Å². The van der Waals surface area contributed by atoms with Gasteiger partial charge in [-0.05, 0) is 37.9 Å². The molecule has 0 spiro atoms. The maximum atomic E-state index is 10.1. The van der Waals surface area contributed by atoms with Crippen LogP contribution in [-0.4, -0.2) is 60.2 Å². The predicted octanol–water partition coefficient (Wildman–Crippen LogP) is 1.70. The van der Waals surface area contributed by atoms with Gasteiger partial charge in [0.2, 0.25) is 0 Å². The van der Waals surface area contributed by atoms with E-state index in [-0.39, 0.29) is 12.5 Å². The van der Waals surface area contributed by atoms with E-state index in [2.05, 4.69) is 36.1 Å². The van der Waals surface area contributed by atoms with Crippen molar-refractivity contribution >= 4 is 0 Å². The summed E-state index contributed by atoms with van der Waals surface area (Å²) in [6.07, 6.45) is 1.87. The first kappa shape index (κ1) is 17.4. The summed E-state index contributed by atoms with van der Waals surface area (Å²) in [5.74, 6) is 0.00650. The summed E-state index contributed by atoms with van der Waals surface area (Å²) in [5.41, 5.74) is 1.37. The average molecular weight is 307 g/mol. The minimum absolute atomic E-state index is 0.00650. The van der Waals surface area contributed by atoms with Crippen molar-refractivity contribution in [2.24, 2.45) is 5.92 Å². The van der Waals surface area contributed by atoms with Crippen LogP contribution in [0.1, 0.15) is 25.3 Å². The van der Waals surface area contributed by atoms with Crippen molar-refractivity contribution in [2.75, 3.05) is 32.8 Å². The van der Waals surface area contributed by atoms with Crippen molar-refractivity contribution in [3.8, 4) is 0 Å². The van der Waals surface area contributed by atoms with Gasteiger partial charge in [0.05, 0.1) is 19.3 Å². The molecule has 0 aromatic heterocycles. The number of ether oxygens (including phenoxy) is 1. The molecule has 1 aromatic rings. The Morgan fingerprint density at radius 2 is 1.91 bits per heavy atom. The van der Waals surface area contributed by atoms with E-state index in [1.54, 1.807) is 0 Å². The monoisotopic (exact) mass is 307 g/mol. The minimum atomic E-state index is -0.744. The molecule has 0 radical (unpaired) electrons. The molecule has 0 bridgehead atoms. The summed E-state index contributed by atoms with van der Waals surface area (Å²) in [4.78, 5) is 2.39. The van der Waals surface area contributed by atoms with Crippen molar-refractivity contribution in [3.05, 3.63) is 35.9 Å². The van der Waals surface area contributed by atoms with Crippen LogP contribution in [0.3, 0.4) is 0 Å². The Hall–Kier alpha value is -0.940. The molecule has 22 heavy (non-hydrogen) atoms. The van der Waals surface area contributed by atoms with Crippen molar-refractivity contribution in [2.45, 2.75) is 38.4 Å². The summed E-state index contributed by atoms with van der Waals surface area (Å²) < 4.78 is 5.38. The number of aryl methyl sites for hydroxylation is 1. The van der Waals surface area contributed by atoms with Gasteiger partial charge in [-0.2, -0.15) is 0 Å². The minimum Gasteiger partial charge on any atom is -0.390 e. The van der Waals surface area contributed by atoms with E-state index >= 15 is 0 Å². The molecule has 1 fully saturated rings. The van der Waals surface area contributed by atoms with Gasteiger partial charge in [-0.3, -0.25) is 0 Å². The SMILES string of the molecule is CCCN(CCCc1ccccc1)C[C@@H]1COC[C@@H](O)[C@H]1O. The zero-order chi connectivity index (χ0) is 15.8. The molecule has 1 aliphatic heterocycles. The summed E-state index contributed by atoms with van der Waals surface area (Å²) in [5, 5.41) is 19.8. The second-order valence-corrected chi connectivity index (χ2v) is 6.25. The quantitative estimate of drug-likeness (QED) is 0.767. The van der Waals surface area contributed by atoms with Gasteiger partial charge in [0.15, 0.2) is 0 Å². The molecular weight excluding hydrogens is 278 g/mol. The second kappa shape index (κ2) is 9.26. The van der Waals surface area contributed by atoms with E-state index in [1.165, 1.54) is 5.56 Å². The third kappa shape index (κ3) is 5.36. The van der Waals surface area contributed by atoms with Crippen molar-refractivity contribution < 1.29 is 14.9 Å². The number of rotatable bonds is 8. The molecule has 1 aromatic carbocycles. The number of hydrogen-bond donors (Lipinski definition) is 2. The van der Waals surface area contributed by atoms with Crippen LogP contribution in [0.5, 0.6) is 0 Å². The lowest BCUT2D eigenvalue weighted by Crippen LogP contribution is -2.48. The molecule has 0 aliphatic carbocycles. The standard InChI is InChI=1S/C18H29NO3/c1-2-10-19(11-6-9-15-7-4-3-5-8-15)12-16-13-22-14-17(20)18(16)21/h3-5,7-8,16-18,20-21H,2,6,9-14H2,1H3/t16-,17-,18+/m1/s1. The molecule has 1 aliphatic rings. The first-order valence-corrected chi connectivity index (χ1v) is 8.41. The fraction of sp³-hybridized carbons (Fsp3) is 0.667. The number of aliphatic hydroxyl groups excluding tert-OH is 2. The van der Waals surface area contributed by atoms with Crippen molar-refractivity contribution in [1.29, 1.82) is 0 Å². The Morgan fingerprint density at radius 3 is 2.64 bits per heavy atom. The third-order valence-corrected chi connectivity index (χ3v) is 4.31. The van der Waals surface area contributed by atoms with Crippen LogP contribution < -0.4 is 0 Å². The van der Waals surface area contributed by atoms with Gasteiger partial charge < -0.3 is 19.8 Å². The van der Waals surface area contributed by atoms with E-state index in [0.717, 1.165) is 38.9 Å². The molecule has 2 rings (SSSR count). The fourth-order valence-corrected chi connectivity index (χ4v) is 3.11. The van der Waals surface area contributed by atoms with Crippen LogP contribution in [-0.2, 0) is 11.2 Å². The highest BCUT2D eigenvalue weighted by Gasteiger charge is 2.32. The summed E-state index contributed by atoms with van der Waals surface area (Å²) in [6, 6.07) is 10.5. The van der Waals surface area contributed by atoms with Gasteiger partial charge in [-0.15, -0.1) is 0 Å². The zero-order valence-electron chi connectivity index (χ0n) is 13.5. The Bertz CT molecular complexity index is 412. The lowest BCUT2D eigenvalue weighted by Gasteiger charge is -2.35. The molecular formula is C18H29NO3. The number of benzene rings is 1. The fourth-order valence-electron chi connectivity index (χ4n) is 3.11. The normalized spacial score (nSPS) is 25.5. The zero-order valence-corrected chi connectivity index (χ0v) is 13.5. The van der Waals surface area contributed by atoms with E-state index in [1.807, 2.05) is 6.07 Å². The Kier molecular flexibility index (Phi) is 7.33. The molecule has 4 heteroatoms. The Morgan fingerprint density at radius 1 is 1.14 bits per heavy atom. The largest absolute Gasteiger partial charge is 0.390 e. The maximum absolute atomic E-state index is 10.1. The van der Waals surface area contributed by atoms with Gasteiger partial charge in [0.25, 0.3) is 0 Å². The molecule has 0 saturated carbocycles. The van der Waals surface area contributed by atoms with E-state index in [9.17, 15) is 10.2 Å². The Labute approximate surface area is 133 Å². The van der Waals surface area contributed by atoms with Crippen molar-refractivity contribution in [3.63, 3.8) is 0 Å². The third-order valence-electron chi connectivity index (χ3n) is 4.31. The van der Waals surface area contributed by atoms with Crippen LogP contribution in [0.15, 0.2) is 30.3 Å². The van der Waals surface area contributed by atoms with Gasteiger partial charge in [-0.25, -0.2) is 0 Å². The number of aliphatic hydroxyl groups is 2. The number of hydrogen-bond acceptors (Lipinski definition) is 4. The van der Waals surface area contributed by atoms with Crippen LogP contribution >= 0.6 is 0 Å². The van der Waals surface area contributed by atoms with Crippen molar-refractivity contribution in [1.82, 2.24) is 4.90 Å². The summed E-state index contributed by atoms with van der Waals surface area (Å²) in [6.45, 7) is 5.79. The molecule has 124 valence electrons. The smallest absolute Gasteiger partial charge is 0.104 e. The molecule has 0 amide bonds. The Balaban J connectivity index is 1.79. The topological polar surface area (TPSA) is 52.9 Å². The van der Waals surface area contributed by atoms with E-state index in [4.69, 9.17) is 4.74 Å². The highest BCUT2D eigenvalue weighted by molar-refractivity contribution is 5.14. The summed E-state index contributed by atoms with van der Waals surface area (Å²) in [7, 11) is 0. The lowest BCUT2D eigenvalue weighted by atomic mass is 9.95. The molecule has 4 nitrogen and oxygen atoms in total. The average Bonchev–Trinajstić information content (AvgIpc) is 2.53. The van der Waals surface area contributed by atoms with Gasteiger partial charge in [-0.1, -0.05) is 37.3 Å². The van der Waals surface area contributed by atoms with Crippen LogP contribution in [0.2, 0.25) is 0 Å². The van der Waals surface area contributed by atoms with Gasteiger partial charge in [0.1, 0.15) is 6.10 Å². The molecule has 2 N–H and O–H groups in total. The lowest BCUT2D eigenvalue weighted by molar-refractivity contribution is -0.125. The van der Waals surface area contributed by atoms with Crippen LogP contribution in [0.4, 0.5) is 0 Å². The van der Waals surface area contributed by atoms with E-state index in [0.29, 0.717) is 6.61 Å². The highest BCUT2D eigenvalue weighted by atomic mass is 16.5. The molecule has 0 unspecified atom stereocenters. The molecule has 3 atom stereocenters. The van der Waals surface area contributed by atoms with Gasteiger partial charge >= 0.3 is 0 Å². The highest BCUT2D eigenvalue weighted by Crippen LogP contribution is 2.17. The van der Waals surface area contributed by atoms with Gasteiger partial charge in [0, 0.05) is 12.5 Å². The molecule has 1 saturated heterocycles. The first-order valence-electron chi connectivity index (χ1n) is 8.41. The first-order chi connectivity index (χ1) is 10.7. The predicted molar refractivity (Wildman–Crippen MR) is 87.8 cm³/mol. The van der Waals surface area contributed by atoms with Crippen LogP contribution in [0.25, 0.3) is 0 Å². The second-order valence-electron chi connectivity index (χ2n) is 6.25. The number of nitrogens with zero attached hydrogens (tertiary/aromatic N) is 1.